The molecule has 0 atom stereocenters. The van der Waals surface area contributed by atoms with Crippen molar-refractivity contribution >= 4 is 47.6 Å². The largest absolute Gasteiger partial charge is 0.357 e. The van der Waals surface area contributed by atoms with Crippen LogP contribution in [-0.4, -0.2) is 50.1 Å². The van der Waals surface area contributed by atoms with Gasteiger partial charge in [-0.2, -0.15) is 11.8 Å². The van der Waals surface area contributed by atoms with Crippen molar-refractivity contribution < 1.29 is 4.79 Å². The van der Waals surface area contributed by atoms with E-state index in [9.17, 15) is 4.79 Å². The fourth-order valence-electron chi connectivity index (χ4n) is 1.31. The lowest BCUT2D eigenvalue weighted by molar-refractivity contribution is -0.118. The maximum absolute atomic E-state index is 10.7. The highest BCUT2D eigenvalue weighted by Gasteiger charge is 1.96. The van der Waals surface area contributed by atoms with Gasteiger partial charge in [-0.15, -0.1) is 24.0 Å². The SMILES string of the molecule is CCNC(=NCCCCSC)NCCNC(C)=O.I. The average Bonchev–Trinajstić information content (AvgIpc) is 2.33. The highest BCUT2D eigenvalue weighted by Crippen LogP contribution is 1.98. The van der Waals surface area contributed by atoms with Crippen LogP contribution >= 0.6 is 35.7 Å². The van der Waals surface area contributed by atoms with Crippen LogP contribution in [0.15, 0.2) is 4.99 Å². The normalized spacial score (nSPS) is 10.6. The Morgan fingerprint density at radius 3 is 2.42 bits per heavy atom. The molecule has 0 heterocycles. The molecule has 0 fully saturated rings. The zero-order valence-electron chi connectivity index (χ0n) is 12.1. The van der Waals surface area contributed by atoms with Gasteiger partial charge in [-0.1, -0.05) is 0 Å². The zero-order chi connectivity index (χ0) is 13.6. The van der Waals surface area contributed by atoms with Crippen molar-refractivity contribution in [2.45, 2.75) is 26.7 Å². The number of guanidine groups is 1. The van der Waals surface area contributed by atoms with E-state index in [4.69, 9.17) is 0 Å². The van der Waals surface area contributed by atoms with Crippen LogP contribution in [0.3, 0.4) is 0 Å². The van der Waals surface area contributed by atoms with Crippen LogP contribution in [-0.2, 0) is 4.79 Å². The molecule has 19 heavy (non-hydrogen) atoms. The van der Waals surface area contributed by atoms with Crippen molar-refractivity contribution in [3.05, 3.63) is 0 Å². The van der Waals surface area contributed by atoms with Crippen LogP contribution in [0.2, 0.25) is 0 Å². The number of hydrogen-bond acceptors (Lipinski definition) is 3. The Labute approximate surface area is 138 Å². The van der Waals surface area contributed by atoms with E-state index in [2.05, 4.69) is 27.2 Å². The molecule has 0 saturated heterocycles. The Kier molecular flexibility index (Phi) is 17.7. The van der Waals surface area contributed by atoms with Gasteiger partial charge in [0, 0.05) is 33.1 Å². The van der Waals surface area contributed by atoms with E-state index in [-0.39, 0.29) is 29.9 Å². The smallest absolute Gasteiger partial charge is 0.216 e. The molecule has 0 aromatic carbocycles. The predicted molar refractivity (Wildman–Crippen MR) is 95.7 cm³/mol. The molecular weight excluding hydrogens is 375 g/mol. The summed E-state index contributed by atoms with van der Waals surface area (Å²) in [5, 5.41) is 9.11. The molecule has 0 aromatic rings. The van der Waals surface area contributed by atoms with E-state index in [1.807, 2.05) is 18.7 Å². The summed E-state index contributed by atoms with van der Waals surface area (Å²) >= 11 is 1.87. The van der Waals surface area contributed by atoms with E-state index in [1.165, 1.54) is 19.1 Å². The number of rotatable bonds is 9. The molecule has 0 aliphatic carbocycles. The van der Waals surface area contributed by atoms with Crippen LogP contribution in [0.5, 0.6) is 0 Å². The minimum absolute atomic E-state index is 0. The Hall–Kier alpha value is -0.180. The summed E-state index contributed by atoms with van der Waals surface area (Å²) in [7, 11) is 0. The van der Waals surface area contributed by atoms with Gasteiger partial charge < -0.3 is 16.0 Å². The third kappa shape index (κ3) is 15.8. The van der Waals surface area contributed by atoms with E-state index in [0.717, 1.165) is 25.5 Å². The number of amides is 1. The van der Waals surface area contributed by atoms with E-state index < -0.39 is 0 Å². The van der Waals surface area contributed by atoms with Gasteiger partial charge in [0.1, 0.15) is 0 Å². The van der Waals surface area contributed by atoms with E-state index >= 15 is 0 Å². The lowest BCUT2D eigenvalue weighted by Crippen LogP contribution is -2.41. The van der Waals surface area contributed by atoms with Gasteiger partial charge in [-0.3, -0.25) is 9.79 Å². The fraction of sp³-hybridized carbons (Fsp3) is 0.833. The second-order valence-electron chi connectivity index (χ2n) is 3.87. The number of thioether (sulfide) groups is 1. The van der Waals surface area contributed by atoms with Crippen molar-refractivity contribution in [3.63, 3.8) is 0 Å². The van der Waals surface area contributed by atoms with Gasteiger partial charge in [0.15, 0.2) is 5.96 Å². The first-order valence-corrected chi connectivity index (χ1v) is 7.85. The maximum Gasteiger partial charge on any atom is 0.216 e. The lowest BCUT2D eigenvalue weighted by Gasteiger charge is -2.11. The highest BCUT2D eigenvalue weighted by atomic mass is 127. The summed E-state index contributed by atoms with van der Waals surface area (Å²) in [5.41, 5.74) is 0. The standard InChI is InChI=1S/C12H26N4OS.HI/c1-4-13-12(15-7-5-6-10-18-3)16-9-8-14-11(2)17;/h4-10H2,1-3H3,(H,14,17)(H2,13,15,16);1H. The van der Waals surface area contributed by atoms with Crippen molar-refractivity contribution in [1.82, 2.24) is 16.0 Å². The molecule has 0 aliphatic rings. The molecule has 3 N–H and O–H groups in total. The van der Waals surface area contributed by atoms with Gasteiger partial charge in [-0.25, -0.2) is 0 Å². The monoisotopic (exact) mass is 402 g/mol. The second kappa shape index (κ2) is 15.9. The Bertz CT molecular complexity index is 252. The molecule has 0 aromatic heterocycles. The molecule has 0 radical (unpaired) electrons. The van der Waals surface area contributed by atoms with Gasteiger partial charge in [0.2, 0.25) is 5.91 Å². The van der Waals surface area contributed by atoms with Gasteiger partial charge >= 0.3 is 0 Å². The molecule has 114 valence electrons. The molecule has 0 rings (SSSR count). The van der Waals surface area contributed by atoms with Crippen LogP contribution in [0.1, 0.15) is 26.7 Å². The van der Waals surface area contributed by atoms with Crippen molar-refractivity contribution in [2.24, 2.45) is 4.99 Å². The molecule has 0 unspecified atom stereocenters. The van der Waals surface area contributed by atoms with Crippen LogP contribution < -0.4 is 16.0 Å². The number of carbonyl (C=O) groups excluding carboxylic acids is 1. The molecule has 1 amide bonds. The quantitative estimate of drug-likeness (QED) is 0.236. The van der Waals surface area contributed by atoms with Crippen LogP contribution in [0, 0.1) is 0 Å². The summed E-state index contributed by atoms with van der Waals surface area (Å²) in [6.45, 7) is 6.55. The molecule has 0 saturated carbocycles. The Morgan fingerprint density at radius 2 is 1.84 bits per heavy atom. The maximum atomic E-state index is 10.7. The molecule has 5 nitrogen and oxygen atoms in total. The number of nitrogens with one attached hydrogen (secondary N) is 3. The molecule has 0 spiro atoms. The number of hydrogen-bond donors (Lipinski definition) is 3. The van der Waals surface area contributed by atoms with E-state index in [1.54, 1.807) is 0 Å². The minimum Gasteiger partial charge on any atom is -0.357 e. The third-order valence-corrected chi connectivity index (χ3v) is 2.86. The topological polar surface area (TPSA) is 65.5 Å². The van der Waals surface area contributed by atoms with Crippen LogP contribution in [0.4, 0.5) is 0 Å². The van der Waals surface area contributed by atoms with Crippen molar-refractivity contribution in [2.75, 3.05) is 38.2 Å². The van der Waals surface area contributed by atoms with Gasteiger partial charge in [-0.05, 0) is 31.8 Å². The zero-order valence-corrected chi connectivity index (χ0v) is 15.3. The first-order valence-electron chi connectivity index (χ1n) is 6.46. The fourth-order valence-corrected chi connectivity index (χ4v) is 1.80. The lowest BCUT2D eigenvalue weighted by atomic mass is 10.3. The third-order valence-electron chi connectivity index (χ3n) is 2.16. The van der Waals surface area contributed by atoms with Crippen molar-refractivity contribution in [1.29, 1.82) is 0 Å². The molecule has 0 aliphatic heterocycles. The summed E-state index contributed by atoms with van der Waals surface area (Å²) in [5.74, 6) is 2.02. The van der Waals surface area contributed by atoms with Crippen LogP contribution in [0.25, 0.3) is 0 Å². The number of halogens is 1. The highest BCUT2D eigenvalue weighted by molar-refractivity contribution is 14.0. The number of unbranched alkanes of at least 4 members (excludes halogenated alkanes) is 1. The summed E-state index contributed by atoms with van der Waals surface area (Å²) in [6, 6.07) is 0. The Morgan fingerprint density at radius 1 is 1.16 bits per heavy atom. The first-order chi connectivity index (χ1) is 8.70. The van der Waals surface area contributed by atoms with E-state index in [0.29, 0.717) is 13.1 Å². The minimum atomic E-state index is -0.00388. The second-order valence-corrected chi connectivity index (χ2v) is 4.86. The van der Waals surface area contributed by atoms with Gasteiger partial charge in [0.25, 0.3) is 0 Å². The van der Waals surface area contributed by atoms with Crippen molar-refractivity contribution in [3.8, 4) is 0 Å². The first kappa shape index (κ1) is 21.1. The number of carbonyl (C=O) groups is 1. The predicted octanol–water partition coefficient (Wildman–Crippen LogP) is 1.44. The average molecular weight is 402 g/mol. The summed E-state index contributed by atoms with van der Waals surface area (Å²) in [4.78, 5) is 15.2. The number of nitrogens with zero attached hydrogens (tertiary/aromatic N) is 1. The van der Waals surface area contributed by atoms with Gasteiger partial charge in [0.05, 0.1) is 0 Å². The summed E-state index contributed by atoms with van der Waals surface area (Å²) < 4.78 is 0. The summed E-state index contributed by atoms with van der Waals surface area (Å²) in [6.07, 6.45) is 4.44. The molecular formula is C12H27IN4OS. The number of aliphatic imine (C=N–C) groups is 1. The molecule has 7 heteroatoms. The Balaban J connectivity index is 0. The molecule has 0 bridgehead atoms.